The van der Waals surface area contributed by atoms with Crippen LogP contribution in [-0.4, -0.2) is 45.9 Å². The van der Waals surface area contributed by atoms with Gasteiger partial charge in [-0.25, -0.2) is 8.42 Å². The third-order valence-electron chi connectivity index (χ3n) is 8.86. The molecule has 1 N–H and O–H groups in total. The number of piperidine rings is 1. The van der Waals surface area contributed by atoms with E-state index in [0.717, 1.165) is 42.8 Å². The molecular weight excluding hydrogens is 615 g/mol. The average molecular weight is 654 g/mol. The minimum atomic E-state index is -4.38. The number of nitrogens with one attached hydrogen (secondary N) is 1. The van der Waals surface area contributed by atoms with Crippen molar-refractivity contribution in [3.8, 4) is 6.07 Å². The Hall–Kier alpha value is -3.88. The van der Waals surface area contributed by atoms with Crippen molar-refractivity contribution in [3.05, 3.63) is 95.1 Å². The summed E-state index contributed by atoms with van der Waals surface area (Å²) in [7, 11) is -3.37. The Balaban J connectivity index is 1.30. The molecule has 0 bridgehead atoms. The van der Waals surface area contributed by atoms with E-state index in [9.17, 15) is 31.6 Å². The molecule has 1 heterocycles. The summed E-state index contributed by atoms with van der Waals surface area (Å²) < 4.78 is 69.8. The lowest BCUT2D eigenvalue weighted by Crippen LogP contribution is -2.45. The maximum atomic E-state index is 13.2. The molecule has 0 aromatic heterocycles. The SMILES string of the molecule is CCS(=O)(=O)c1ccc([C@@H](CC#N)NC(=O)c2ccc(N3CC(c4ccc(C(F)(F)F)cc4)CCC3COCC3CC3)cc2)cc1. The first-order valence-electron chi connectivity index (χ1n) is 15.6. The average Bonchev–Trinajstić information content (AvgIpc) is 3.89. The van der Waals surface area contributed by atoms with E-state index in [1.54, 1.807) is 43.3 Å². The van der Waals surface area contributed by atoms with Gasteiger partial charge >= 0.3 is 6.18 Å². The summed E-state index contributed by atoms with van der Waals surface area (Å²) in [5.41, 5.74) is 2.10. The smallest absolute Gasteiger partial charge is 0.379 e. The maximum absolute atomic E-state index is 13.2. The highest BCUT2D eigenvalue weighted by Gasteiger charge is 2.33. The van der Waals surface area contributed by atoms with E-state index in [-0.39, 0.29) is 34.9 Å². The molecule has 1 saturated heterocycles. The summed E-state index contributed by atoms with van der Waals surface area (Å²) in [5.74, 6) is 0.266. The fourth-order valence-electron chi connectivity index (χ4n) is 5.85. The van der Waals surface area contributed by atoms with Crippen LogP contribution in [0, 0.1) is 17.2 Å². The summed E-state index contributed by atoms with van der Waals surface area (Å²) in [6.07, 6.45) is -0.361. The highest BCUT2D eigenvalue weighted by molar-refractivity contribution is 7.91. The van der Waals surface area contributed by atoms with Crippen molar-refractivity contribution in [2.24, 2.45) is 5.92 Å². The number of benzene rings is 3. The quantitative estimate of drug-likeness (QED) is 0.225. The molecule has 1 aliphatic heterocycles. The third kappa shape index (κ3) is 8.28. The van der Waals surface area contributed by atoms with Crippen LogP contribution in [0.5, 0.6) is 0 Å². The van der Waals surface area contributed by atoms with Crippen molar-refractivity contribution >= 4 is 21.4 Å². The van der Waals surface area contributed by atoms with Crippen molar-refractivity contribution in [1.29, 1.82) is 5.26 Å². The molecule has 3 atom stereocenters. The second kappa shape index (κ2) is 14.3. The van der Waals surface area contributed by atoms with Gasteiger partial charge in [0.15, 0.2) is 9.84 Å². The Morgan fingerprint density at radius 1 is 0.978 bits per heavy atom. The fraction of sp³-hybridized carbons (Fsp3) is 0.429. The molecule has 3 aromatic rings. The fourth-order valence-corrected chi connectivity index (χ4v) is 6.74. The number of hydrogen-bond donors (Lipinski definition) is 1. The number of rotatable bonds is 12. The number of nitriles is 1. The molecule has 5 rings (SSSR count). The highest BCUT2D eigenvalue weighted by Crippen LogP contribution is 2.36. The van der Waals surface area contributed by atoms with Gasteiger partial charge in [0.05, 0.1) is 47.4 Å². The normalized spacial score (nSPS) is 19.3. The predicted octanol–water partition coefficient (Wildman–Crippen LogP) is 7.06. The van der Waals surface area contributed by atoms with Crippen molar-refractivity contribution < 1.29 is 31.1 Å². The molecule has 7 nitrogen and oxygen atoms in total. The van der Waals surface area contributed by atoms with Gasteiger partial charge in [-0.15, -0.1) is 0 Å². The molecule has 11 heteroatoms. The molecule has 46 heavy (non-hydrogen) atoms. The van der Waals surface area contributed by atoms with Gasteiger partial charge in [-0.2, -0.15) is 18.4 Å². The third-order valence-corrected chi connectivity index (χ3v) is 10.6. The van der Waals surface area contributed by atoms with Crippen molar-refractivity contribution in [3.63, 3.8) is 0 Å². The molecule has 0 radical (unpaired) electrons. The Bertz CT molecular complexity index is 1630. The molecule has 1 aliphatic carbocycles. The van der Waals surface area contributed by atoms with Crippen LogP contribution < -0.4 is 10.2 Å². The number of carbonyl (C=O) groups excluding carboxylic acids is 1. The van der Waals surface area contributed by atoms with E-state index < -0.39 is 27.6 Å². The topological polar surface area (TPSA) is 99.5 Å². The van der Waals surface area contributed by atoms with Crippen molar-refractivity contribution in [2.45, 2.75) is 68.1 Å². The van der Waals surface area contributed by atoms with E-state index in [1.165, 1.54) is 25.0 Å². The van der Waals surface area contributed by atoms with E-state index >= 15 is 0 Å². The van der Waals surface area contributed by atoms with Crippen LogP contribution >= 0.6 is 0 Å². The molecule has 1 saturated carbocycles. The molecule has 1 amide bonds. The number of halogens is 3. The zero-order valence-electron chi connectivity index (χ0n) is 25.7. The zero-order chi connectivity index (χ0) is 32.9. The van der Waals surface area contributed by atoms with Gasteiger partial charge in [0.2, 0.25) is 0 Å². The summed E-state index contributed by atoms with van der Waals surface area (Å²) in [6, 6.07) is 20.3. The van der Waals surface area contributed by atoms with Crippen LogP contribution in [0.4, 0.5) is 18.9 Å². The standard InChI is InChI=1S/C35H38F3N3O4S/c1-2-46(43,44)32-17-10-26(11-18-32)33(19-20-39)40-34(42)27-7-14-30(15-8-27)41-21-28(9-16-31(41)23-45-22-24-3-4-24)25-5-12-29(13-6-25)35(36,37)38/h5-8,10-15,17-18,24,28,31,33H,2-4,9,16,19,21-23H2,1H3,(H,40,42)/t28?,31?,33-/m1/s1. The Morgan fingerprint density at radius 3 is 2.24 bits per heavy atom. The minimum absolute atomic E-state index is 0.00531. The van der Waals surface area contributed by atoms with Crippen LogP contribution in [0.15, 0.2) is 77.7 Å². The Morgan fingerprint density at radius 2 is 1.65 bits per heavy atom. The first-order chi connectivity index (χ1) is 22.0. The number of sulfone groups is 1. The van der Waals surface area contributed by atoms with Crippen LogP contribution in [-0.2, 0) is 20.8 Å². The summed E-state index contributed by atoms with van der Waals surface area (Å²) in [5, 5.41) is 12.3. The van der Waals surface area contributed by atoms with Gasteiger partial charge in [-0.1, -0.05) is 31.2 Å². The van der Waals surface area contributed by atoms with Gasteiger partial charge in [-0.3, -0.25) is 4.79 Å². The van der Waals surface area contributed by atoms with Crippen LogP contribution in [0.1, 0.15) is 78.0 Å². The van der Waals surface area contributed by atoms with Gasteiger partial charge in [0, 0.05) is 30.3 Å². The number of ether oxygens (including phenoxy) is 1. The van der Waals surface area contributed by atoms with E-state index in [4.69, 9.17) is 4.74 Å². The van der Waals surface area contributed by atoms with Crippen LogP contribution in [0.3, 0.4) is 0 Å². The van der Waals surface area contributed by atoms with Gasteiger partial charge < -0.3 is 15.0 Å². The number of nitrogens with zero attached hydrogens (tertiary/aromatic N) is 2. The molecule has 2 fully saturated rings. The Labute approximate surface area is 268 Å². The lowest BCUT2D eigenvalue weighted by molar-refractivity contribution is -0.137. The predicted molar refractivity (Wildman–Crippen MR) is 169 cm³/mol. The number of amides is 1. The van der Waals surface area contributed by atoms with Crippen molar-refractivity contribution in [1.82, 2.24) is 5.32 Å². The van der Waals surface area contributed by atoms with Gasteiger partial charge in [0.1, 0.15) is 0 Å². The number of carbonyl (C=O) groups is 1. The largest absolute Gasteiger partial charge is 0.416 e. The lowest BCUT2D eigenvalue weighted by atomic mass is 9.86. The number of alkyl halides is 3. The van der Waals surface area contributed by atoms with Crippen LogP contribution in [0.25, 0.3) is 0 Å². The maximum Gasteiger partial charge on any atom is 0.416 e. The van der Waals surface area contributed by atoms with Crippen molar-refractivity contribution in [2.75, 3.05) is 30.4 Å². The number of anilines is 1. The molecule has 3 aromatic carbocycles. The minimum Gasteiger partial charge on any atom is -0.379 e. The van der Waals surface area contributed by atoms with E-state index in [0.29, 0.717) is 30.2 Å². The summed E-state index contributed by atoms with van der Waals surface area (Å²) >= 11 is 0. The second-order valence-electron chi connectivity index (χ2n) is 12.1. The van der Waals surface area contributed by atoms with E-state index in [2.05, 4.69) is 16.3 Å². The molecular formula is C35H38F3N3O4S. The lowest BCUT2D eigenvalue weighted by Gasteiger charge is -2.41. The highest BCUT2D eigenvalue weighted by atomic mass is 32.2. The molecule has 2 aliphatic rings. The molecule has 244 valence electrons. The number of hydrogen-bond acceptors (Lipinski definition) is 6. The Kier molecular flexibility index (Phi) is 10.4. The van der Waals surface area contributed by atoms with Gasteiger partial charge in [-0.05, 0) is 91.3 Å². The first kappa shape index (κ1) is 33.5. The van der Waals surface area contributed by atoms with E-state index in [1.807, 2.05) is 12.1 Å². The van der Waals surface area contributed by atoms with Crippen LogP contribution in [0.2, 0.25) is 0 Å². The zero-order valence-corrected chi connectivity index (χ0v) is 26.5. The summed E-state index contributed by atoms with van der Waals surface area (Å²) in [6.45, 7) is 3.45. The molecule has 0 spiro atoms. The second-order valence-corrected chi connectivity index (χ2v) is 14.4. The first-order valence-corrected chi connectivity index (χ1v) is 17.3. The molecule has 2 unspecified atom stereocenters. The summed E-state index contributed by atoms with van der Waals surface area (Å²) in [4.78, 5) is 15.7. The van der Waals surface area contributed by atoms with Gasteiger partial charge in [0.25, 0.3) is 5.91 Å². The monoisotopic (exact) mass is 653 g/mol.